The van der Waals surface area contributed by atoms with Crippen LogP contribution in [0.5, 0.6) is 0 Å². The summed E-state index contributed by atoms with van der Waals surface area (Å²) in [5, 5.41) is 3.28. The Bertz CT molecular complexity index is 441. The molecule has 2 rings (SSSR count). The molecule has 0 aliphatic carbocycles. The Morgan fingerprint density at radius 3 is 2.65 bits per heavy atom. The Labute approximate surface area is 126 Å². The molecule has 5 nitrogen and oxygen atoms in total. The molecule has 0 bridgehead atoms. The van der Waals surface area contributed by atoms with Gasteiger partial charge >= 0.3 is 0 Å². The number of hydrogen-bond donors (Lipinski definition) is 1. The van der Waals surface area contributed by atoms with Crippen LogP contribution in [0, 0.1) is 0 Å². The number of aromatic nitrogens is 2. The number of nitrogens with one attached hydrogen (secondary N) is 1. The SMILES string of the molecule is CCN(CC)c1cncc(C(=S)NCN2CCCC2)n1. The van der Waals surface area contributed by atoms with Gasteiger partial charge in [-0.1, -0.05) is 12.2 Å². The van der Waals surface area contributed by atoms with Crippen molar-refractivity contribution in [2.24, 2.45) is 0 Å². The maximum atomic E-state index is 5.42. The highest BCUT2D eigenvalue weighted by Crippen LogP contribution is 2.10. The maximum absolute atomic E-state index is 5.42. The van der Waals surface area contributed by atoms with E-state index in [0.29, 0.717) is 4.99 Å². The molecule has 110 valence electrons. The number of hydrogen-bond acceptors (Lipinski definition) is 5. The minimum absolute atomic E-state index is 0.679. The van der Waals surface area contributed by atoms with Crippen molar-refractivity contribution in [2.45, 2.75) is 26.7 Å². The second-order valence-electron chi connectivity index (χ2n) is 4.92. The van der Waals surface area contributed by atoms with E-state index in [2.05, 4.69) is 38.9 Å². The van der Waals surface area contributed by atoms with Crippen LogP contribution in [0.25, 0.3) is 0 Å². The molecule has 0 unspecified atom stereocenters. The Hall–Kier alpha value is -1.27. The van der Waals surface area contributed by atoms with E-state index in [9.17, 15) is 0 Å². The standard InChI is InChI=1S/C14H23N5S/c1-3-19(4-2)13-10-15-9-12(17-13)14(20)16-11-18-7-5-6-8-18/h9-10H,3-8,11H2,1-2H3,(H,16,20). The number of thiocarbonyl (C=S) groups is 1. The summed E-state index contributed by atoms with van der Waals surface area (Å²) in [5.41, 5.74) is 0.753. The molecule has 0 radical (unpaired) electrons. The molecule has 1 aromatic heterocycles. The van der Waals surface area contributed by atoms with Crippen molar-refractivity contribution in [2.75, 3.05) is 37.7 Å². The largest absolute Gasteiger partial charge is 0.362 e. The molecule has 1 aromatic rings. The van der Waals surface area contributed by atoms with Gasteiger partial charge in [0.1, 0.15) is 16.5 Å². The summed E-state index contributed by atoms with van der Waals surface area (Å²) in [5.74, 6) is 0.887. The highest BCUT2D eigenvalue weighted by Gasteiger charge is 2.13. The summed E-state index contributed by atoms with van der Waals surface area (Å²) in [6, 6.07) is 0. The van der Waals surface area contributed by atoms with Gasteiger partial charge < -0.3 is 10.2 Å². The van der Waals surface area contributed by atoms with Gasteiger partial charge in [0.25, 0.3) is 0 Å². The zero-order chi connectivity index (χ0) is 14.4. The fraction of sp³-hybridized carbons (Fsp3) is 0.643. The average molecular weight is 293 g/mol. The van der Waals surface area contributed by atoms with E-state index in [-0.39, 0.29) is 0 Å². The molecule has 1 aliphatic heterocycles. The predicted octanol–water partition coefficient (Wildman–Crippen LogP) is 1.64. The molecule has 0 amide bonds. The second kappa shape index (κ2) is 7.50. The van der Waals surface area contributed by atoms with Crippen LogP contribution in [0.3, 0.4) is 0 Å². The third kappa shape index (κ3) is 3.86. The summed E-state index contributed by atoms with van der Waals surface area (Å²) in [6.45, 7) is 9.17. The molecular formula is C14H23N5S. The lowest BCUT2D eigenvalue weighted by Gasteiger charge is -2.20. The lowest BCUT2D eigenvalue weighted by molar-refractivity contribution is 0.333. The van der Waals surface area contributed by atoms with Crippen molar-refractivity contribution in [1.29, 1.82) is 0 Å². The van der Waals surface area contributed by atoms with Crippen LogP contribution >= 0.6 is 12.2 Å². The van der Waals surface area contributed by atoms with Gasteiger partial charge in [0, 0.05) is 13.1 Å². The predicted molar refractivity (Wildman–Crippen MR) is 86.1 cm³/mol. The normalized spacial score (nSPS) is 15.3. The molecular weight excluding hydrogens is 270 g/mol. The fourth-order valence-electron chi connectivity index (χ4n) is 2.38. The molecule has 0 atom stereocenters. The smallest absolute Gasteiger partial charge is 0.147 e. The molecule has 1 N–H and O–H groups in total. The Morgan fingerprint density at radius 1 is 1.30 bits per heavy atom. The molecule has 2 heterocycles. The van der Waals surface area contributed by atoms with E-state index in [1.807, 2.05) is 0 Å². The van der Waals surface area contributed by atoms with Crippen molar-refractivity contribution in [3.63, 3.8) is 0 Å². The van der Waals surface area contributed by atoms with E-state index >= 15 is 0 Å². The van der Waals surface area contributed by atoms with E-state index in [0.717, 1.165) is 44.4 Å². The molecule has 1 saturated heterocycles. The minimum atomic E-state index is 0.679. The van der Waals surface area contributed by atoms with Gasteiger partial charge in [0.05, 0.1) is 19.1 Å². The zero-order valence-electron chi connectivity index (χ0n) is 12.3. The van der Waals surface area contributed by atoms with Crippen molar-refractivity contribution in [1.82, 2.24) is 20.2 Å². The fourth-order valence-corrected chi connectivity index (χ4v) is 2.54. The summed E-state index contributed by atoms with van der Waals surface area (Å²) < 4.78 is 0. The number of anilines is 1. The first-order chi connectivity index (χ1) is 9.74. The van der Waals surface area contributed by atoms with Gasteiger partial charge in [-0.15, -0.1) is 0 Å². The zero-order valence-corrected chi connectivity index (χ0v) is 13.1. The van der Waals surface area contributed by atoms with Crippen LogP contribution in [0.15, 0.2) is 12.4 Å². The van der Waals surface area contributed by atoms with Crippen molar-refractivity contribution in [3.8, 4) is 0 Å². The third-order valence-electron chi connectivity index (χ3n) is 3.60. The monoisotopic (exact) mass is 293 g/mol. The van der Waals surface area contributed by atoms with Crippen molar-refractivity contribution in [3.05, 3.63) is 18.1 Å². The Balaban J connectivity index is 1.96. The number of nitrogens with zero attached hydrogens (tertiary/aromatic N) is 4. The minimum Gasteiger partial charge on any atom is -0.362 e. The van der Waals surface area contributed by atoms with E-state index in [1.54, 1.807) is 12.4 Å². The third-order valence-corrected chi connectivity index (χ3v) is 3.96. The summed E-state index contributed by atoms with van der Waals surface area (Å²) in [4.78, 5) is 14.1. The van der Waals surface area contributed by atoms with Crippen molar-refractivity contribution >= 4 is 23.0 Å². The summed E-state index contributed by atoms with van der Waals surface area (Å²) in [7, 11) is 0. The molecule has 0 spiro atoms. The van der Waals surface area contributed by atoms with E-state index < -0.39 is 0 Å². The molecule has 1 fully saturated rings. The lowest BCUT2D eigenvalue weighted by Crippen LogP contribution is -2.36. The first kappa shape index (κ1) is 15.1. The van der Waals surface area contributed by atoms with Crippen LogP contribution in [-0.2, 0) is 0 Å². The van der Waals surface area contributed by atoms with Gasteiger partial charge in [-0.05, 0) is 39.8 Å². The number of likely N-dealkylation sites (tertiary alicyclic amines) is 1. The molecule has 0 saturated carbocycles. The van der Waals surface area contributed by atoms with Crippen LogP contribution in [0.2, 0.25) is 0 Å². The maximum Gasteiger partial charge on any atom is 0.147 e. The topological polar surface area (TPSA) is 44.3 Å². The van der Waals surface area contributed by atoms with Crippen LogP contribution < -0.4 is 10.2 Å². The van der Waals surface area contributed by atoms with E-state index in [1.165, 1.54) is 12.8 Å². The summed E-state index contributed by atoms with van der Waals surface area (Å²) in [6.07, 6.45) is 6.09. The quantitative estimate of drug-likeness (QED) is 0.805. The Morgan fingerprint density at radius 2 is 2.00 bits per heavy atom. The van der Waals surface area contributed by atoms with Gasteiger partial charge in [0.15, 0.2) is 0 Å². The highest BCUT2D eigenvalue weighted by molar-refractivity contribution is 7.80. The second-order valence-corrected chi connectivity index (χ2v) is 5.33. The molecule has 6 heteroatoms. The number of rotatable bonds is 6. The highest BCUT2D eigenvalue weighted by atomic mass is 32.1. The lowest BCUT2D eigenvalue weighted by atomic mass is 10.4. The van der Waals surface area contributed by atoms with Gasteiger partial charge in [0.2, 0.25) is 0 Å². The van der Waals surface area contributed by atoms with Gasteiger partial charge in [-0.25, -0.2) is 4.98 Å². The first-order valence-corrected chi connectivity index (χ1v) is 7.73. The van der Waals surface area contributed by atoms with Crippen LogP contribution in [0.1, 0.15) is 32.4 Å². The average Bonchev–Trinajstić information content (AvgIpc) is 3.00. The molecule has 0 aromatic carbocycles. The van der Waals surface area contributed by atoms with Gasteiger partial charge in [-0.3, -0.25) is 9.88 Å². The van der Waals surface area contributed by atoms with Gasteiger partial charge in [-0.2, -0.15) is 0 Å². The molecule has 20 heavy (non-hydrogen) atoms. The van der Waals surface area contributed by atoms with E-state index in [4.69, 9.17) is 12.2 Å². The van der Waals surface area contributed by atoms with Crippen LogP contribution in [-0.4, -0.2) is 52.7 Å². The summed E-state index contributed by atoms with van der Waals surface area (Å²) >= 11 is 5.42. The van der Waals surface area contributed by atoms with Crippen molar-refractivity contribution < 1.29 is 0 Å². The first-order valence-electron chi connectivity index (χ1n) is 7.32. The molecule has 1 aliphatic rings. The Kier molecular flexibility index (Phi) is 5.67. The van der Waals surface area contributed by atoms with Crippen LogP contribution in [0.4, 0.5) is 5.82 Å².